The van der Waals surface area contributed by atoms with Crippen molar-refractivity contribution in [1.29, 1.82) is 0 Å². The van der Waals surface area contributed by atoms with Gasteiger partial charge in [0.1, 0.15) is 23.7 Å². The monoisotopic (exact) mass is 509 g/mol. The van der Waals surface area contributed by atoms with Crippen molar-refractivity contribution >= 4 is 21.3 Å². The summed E-state index contributed by atoms with van der Waals surface area (Å²) in [7, 11) is 0.182. The molecule has 0 amide bonds. The van der Waals surface area contributed by atoms with Gasteiger partial charge in [-0.25, -0.2) is 12.8 Å². The highest BCUT2D eigenvalue weighted by atomic mass is 32.2. The van der Waals surface area contributed by atoms with E-state index in [0.29, 0.717) is 40.5 Å². The number of methoxy groups -OCH3 is 1. The molecule has 0 aliphatic carbocycles. The van der Waals surface area contributed by atoms with Gasteiger partial charge in [-0.2, -0.15) is 0 Å². The van der Waals surface area contributed by atoms with Crippen LogP contribution in [0.25, 0.3) is 16.8 Å². The normalized spacial score (nSPS) is 15.3. The number of aromatic nitrogens is 3. The number of hydrogen-bond donors (Lipinski definition) is 1. The Morgan fingerprint density at radius 3 is 2.56 bits per heavy atom. The van der Waals surface area contributed by atoms with Crippen LogP contribution >= 0.6 is 0 Å². The van der Waals surface area contributed by atoms with Gasteiger partial charge in [0, 0.05) is 17.7 Å². The van der Waals surface area contributed by atoms with E-state index < -0.39 is 9.84 Å². The summed E-state index contributed by atoms with van der Waals surface area (Å²) in [5.74, 6) is 0.955. The van der Waals surface area contributed by atoms with Gasteiger partial charge in [-0.05, 0) is 81.0 Å². The number of rotatable bonds is 7. The van der Waals surface area contributed by atoms with Crippen LogP contribution in [0.4, 0.5) is 10.2 Å². The second-order valence-electron chi connectivity index (χ2n) is 9.04. The molecule has 0 atom stereocenters. The molecule has 1 aliphatic heterocycles. The van der Waals surface area contributed by atoms with Crippen molar-refractivity contribution in [2.24, 2.45) is 0 Å². The highest BCUT2D eigenvalue weighted by Crippen LogP contribution is 2.30. The fourth-order valence-corrected chi connectivity index (χ4v) is 6.32. The molecule has 0 saturated carbocycles. The maximum atomic E-state index is 14.2. The first-order valence-electron chi connectivity index (χ1n) is 11.8. The summed E-state index contributed by atoms with van der Waals surface area (Å²) in [5.41, 5.74) is 2.73. The number of hydrogen-bond acceptors (Lipinski definition) is 7. The molecule has 3 heterocycles. The topological polar surface area (TPSA) is 88.8 Å². The van der Waals surface area contributed by atoms with Crippen LogP contribution in [0, 0.1) is 5.82 Å². The predicted octanol–water partition coefficient (Wildman–Crippen LogP) is 4.02. The van der Waals surface area contributed by atoms with Gasteiger partial charge < -0.3 is 15.0 Å². The van der Waals surface area contributed by atoms with Crippen LogP contribution in [0.15, 0.2) is 65.8 Å². The number of halogens is 1. The summed E-state index contributed by atoms with van der Waals surface area (Å²) in [4.78, 5) is 2.50. The first kappa shape index (κ1) is 24.2. The first-order valence-corrected chi connectivity index (χ1v) is 13.3. The Kier molecular flexibility index (Phi) is 6.63. The minimum atomic E-state index is -3.37. The number of nitrogens with one attached hydrogen (secondary N) is 1. The third-order valence-electron chi connectivity index (χ3n) is 6.77. The Bertz CT molecular complexity index is 1480. The molecule has 2 aromatic carbocycles. The summed E-state index contributed by atoms with van der Waals surface area (Å²) in [5, 5.41) is 11.2. The molecule has 0 radical (unpaired) electrons. The average Bonchev–Trinajstić information content (AvgIpc) is 3.39. The van der Waals surface area contributed by atoms with E-state index in [0.717, 1.165) is 24.2 Å². The Morgan fingerprint density at radius 1 is 1.08 bits per heavy atom. The molecule has 1 N–H and O–H groups in total. The van der Waals surface area contributed by atoms with Crippen molar-refractivity contribution in [3.8, 4) is 16.9 Å². The molecular formula is C26H28FN5O3S. The van der Waals surface area contributed by atoms with Gasteiger partial charge in [-0.15, -0.1) is 10.2 Å². The number of piperidine rings is 1. The molecule has 4 aromatic rings. The molecule has 10 heteroatoms. The van der Waals surface area contributed by atoms with Crippen LogP contribution < -0.4 is 10.1 Å². The predicted molar refractivity (Wildman–Crippen MR) is 136 cm³/mol. The van der Waals surface area contributed by atoms with E-state index >= 15 is 0 Å². The molecule has 5 rings (SSSR count). The summed E-state index contributed by atoms with van der Waals surface area (Å²) in [6.07, 6.45) is 2.88. The number of ether oxygens (including phenoxy) is 1. The van der Waals surface area contributed by atoms with Crippen LogP contribution in [-0.2, 0) is 16.4 Å². The van der Waals surface area contributed by atoms with E-state index in [1.807, 2.05) is 31.3 Å². The number of sulfone groups is 1. The molecule has 0 bridgehead atoms. The first-order chi connectivity index (χ1) is 17.4. The van der Waals surface area contributed by atoms with Crippen molar-refractivity contribution in [3.05, 3.63) is 72.3 Å². The second kappa shape index (κ2) is 9.87. The summed E-state index contributed by atoms with van der Waals surface area (Å²) in [6.45, 7) is 1.83. The van der Waals surface area contributed by atoms with Gasteiger partial charge in [0.15, 0.2) is 15.5 Å². The van der Waals surface area contributed by atoms with Gasteiger partial charge >= 0.3 is 0 Å². The number of likely N-dealkylation sites (tertiary alicyclic amines) is 1. The van der Waals surface area contributed by atoms with E-state index in [-0.39, 0.29) is 17.6 Å². The van der Waals surface area contributed by atoms with Crippen LogP contribution in [0.1, 0.15) is 18.4 Å². The molecular weight excluding hydrogens is 481 g/mol. The molecule has 1 fully saturated rings. The lowest BCUT2D eigenvalue weighted by molar-refractivity contribution is 0.277. The zero-order valence-corrected chi connectivity index (χ0v) is 21.0. The zero-order chi connectivity index (χ0) is 25.3. The van der Waals surface area contributed by atoms with Crippen LogP contribution in [0.3, 0.4) is 0 Å². The maximum Gasteiger partial charge on any atom is 0.181 e. The average molecular weight is 510 g/mol. The molecule has 188 valence electrons. The molecule has 36 heavy (non-hydrogen) atoms. The summed E-state index contributed by atoms with van der Waals surface area (Å²) < 4.78 is 47.5. The Balaban J connectivity index is 1.38. The number of anilines is 1. The SMILES string of the molecule is COc1ccc(F)c(CNc2ccc(-c3ccc(S(=O)(=O)C4CCN(C)CC4)cc3)c3nncn23)c1. The second-order valence-corrected chi connectivity index (χ2v) is 11.3. The molecule has 0 spiro atoms. The minimum absolute atomic E-state index is 0.249. The van der Waals surface area contributed by atoms with Gasteiger partial charge in [0.05, 0.1) is 17.3 Å². The lowest BCUT2D eigenvalue weighted by atomic mass is 10.1. The van der Waals surface area contributed by atoms with E-state index in [9.17, 15) is 12.8 Å². The van der Waals surface area contributed by atoms with Crippen molar-refractivity contribution in [2.75, 3.05) is 32.6 Å². The van der Waals surface area contributed by atoms with Crippen LogP contribution in [0.5, 0.6) is 5.75 Å². The van der Waals surface area contributed by atoms with Gasteiger partial charge in [0.2, 0.25) is 0 Å². The zero-order valence-electron chi connectivity index (χ0n) is 20.2. The third kappa shape index (κ3) is 4.66. The van der Waals surface area contributed by atoms with Crippen molar-refractivity contribution < 1.29 is 17.5 Å². The van der Waals surface area contributed by atoms with E-state index in [2.05, 4.69) is 20.4 Å². The van der Waals surface area contributed by atoms with Crippen LogP contribution in [0.2, 0.25) is 0 Å². The molecule has 1 saturated heterocycles. The fraction of sp³-hybridized carbons (Fsp3) is 0.308. The van der Waals surface area contributed by atoms with Crippen molar-refractivity contribution in [1.82, 2.24) is 19.5 Å². The molecule has 1 aliphatic rings. The Labute approximate surface area is 209 Å². The summed E-state index contributed by atoms with van der Waals surface area (Å²) in [6, 6.07) is 15.3. The lowest BCUT2D eigenvalue weighted by Gasteiger charge is -2.28. The van der Waals surface area contributed by atoms with E-state index in [1.165, 1.54) is 6.07 Å². The maximum absolute atomic E-state index is 14.2. The Morgan fingerprint density at radius 2 is 1.83 bits per heavy atom. The highest BCUT2D eigenvalue weighted by molar-refractivity contribution is 7.92. The quantitative estimate of drug-likeness (QED) is 0.403. The Hall–Kier alpha value is -3.50. The number of nitrogens with zero attached hydrogens (tertiary/aromatic N) is 4. The lowest BCUT2D eigenvalue weighted by Crippen LogP contribution is -2.37. The van der Waals surface area contributed by atoms with Crippen molar-refractivity contribution in [2.45, 2.75) is 29.5 Å². The number of pyridine rings is 1. The third-order valence-corrected chi connectivity index (χ3v) is 9.05. The minimum Gasteiger partial charge on any atom is -0.497 e. The fourth-order valence-electron chi connectivity index (χ4n) is 4.59. The van der Waals surface area contributed by atoms with Crippen molar-refractivity contribution in [3.63, 3.8) is 0 Å². The van der Waals surface area contributed by atoms with Gasteiger partial charge in [0.25, 0.3) is 0 Å². The van der Waals surface area contributed by atoms with Gasteiger partial charge in [-0.3, -0.25) is 4.40 Å². The molecule has 8 nitrogen and oxygen atoms in total. The van der Waals surface area contributed by atoms with E-state index in [1.54, 1.807) is 42.1 Å². The number of fused-ring (bicyclic) bond motifs is 1. The number of benzene rings is 2. The van der Waals surface area contributed by atoms with E-state index in [4.69, 9.17) is 4.74 Å². The highest BCUT2D eigenvalue weighted by Gasteiger charge is 2.30. The van der Waals surface area contributed by atoms with Crippen LogP contribution in [-0.4, -0.2) is 60.4 Å². The molecule has 2 aromatic heterocycles. The summed E-state index contributed by atoms with van der Waals surface area (Å²) >= 11 is 0. The largest absolute Gasteiger partial charge is 0.497 e. The smallest absolute Gasteiger partial charge is 0.181 e. The van der Waals surface area contributed by atoms with Gasteiger partial charge in [-0.1, -0.05) is 12.1 Å². The molecule has 0 unspecified atom stereocenters. The standard InChI is InChI=1S/C26H28FN5O3S/c1-31-13-11-22(12-14-31)36(33,34)21-6-3-18(4-7-21)23-8-10-25(32-17-29-30-26(23)32)28-16-19-15-20(35-2)5-9-24(19)27/h3-10,15,17,22,28H,11-14,16H2,1-2H3.